The van der Waals surface area contributed by atoms with Gasteiger partial charge in [-0.05, 0) is 32.7 Å². The number of rotatable bonds is 5. The summed E-state index contributed by atoms with van der Waals surface area (Å²) in [6.07, 6.45) is 2.35. The molecular formula is C7H17N3O. The number of hydrogen-bond acceptors (Lipinski definition) is 3. The lowest BCUT2D eigenvalue weighted by atomic mass is 9.95. The van der Waals surface area contributed by atoms with Crippen molar-refractivity contribution >= 4 is 5.91 Å². The summed E-state index contributed by atoms with van der Waals surface area (Å²) in [5.74, 6) is -0.450. The molecule has 11 heavy (non-hydrogen) atoms. The van der Waals surface area contributed by atoms with E-state index >= 15 is 0 Å². The van der Waals surface area contributed by atoms with Crippen LogP contribution >= 0.6 is 0 Å². The predicted octanol–water partition coefficient (Wildman–Crippen LogP) is -0.682. The molecule has 0 rings (SSSR count). The first kappa shape index (κ1) is 10.4. The molecule has 1 amide bonds. The van der Waals surface area contributed by atoms with Gasteiger partial charge in [0.1, 0.15) is 0 Å². The first-order chi connectivity index (χ1) is 5.00. The van der Waals surface area contributed by atoms with Crippen LogP contribution in [-0.4, -0.2) is 18.0 Å². The van der Waals surface area contributed by atoms with Crippen molar-refractivity contribution in [3.8, 4) is 0 Å². The van der Waals surface area contributed by atoms with Gasteiger partial charge in [-0.1, -0.05) is 0 Å². The van der Waals surface area contributed by atoms with Crippen molar-refractivity contribution in [2.24, 2.45) is 17.2 Å². The Morgan fingerprint density at radius 2 is 2.00 bits per heavy atom. The second-order valence-electron chi connectivity index (χ2n) is 3.03. The highest BCUT2D eigenvalue weighted by molar-refractivity contribution is 5.83. The van der Waals surface area contributed by atoms with Gasteiger partial charge in [0.2, 0.25) is 5.91 Å². The molecule has 4 nitrogen and oxygen atoms in total. The lowest BCUT2D eigenvalue weighted by molar-refractivity contribution is -0.122. The van der Waals surface area contributed by atoms with Gasteiger partial charge in [0.05, 0.1) is 5.54 Å². The quantitative estimate of drug-likeness (QED) is 0.464. The van der Waals surface area contributed by atoms with Crippen molar-refractivity contribution in [2.75, 3.05) is 6.54 Å². The summed E-state index contributed by atoms with van der Waals surface area (Å²) >= 11 is 0. The topological polar surface area (TPSA) is 95.1 Å². The van der Waals surface area contributed by atoms with Gasteiger partial charge in [-0.15, -0.1) is 0 Å². The van der Waals surface area contributed by atoms with Crippen molar-refractivity contribution in [2.45, 2.75) is 31.7 Å². The third-order valence-corrected chi connectivity index (χ3v) is 1.71. The van der Waals surface area contributed by atoms with Crippen LogP contribution < -0.4 is 17.2 Å². The highest BCUT2D eigenvalue weighted by Crippen LogP contribution is 2.08. The summed E-state index contributed by atoms with van der Waals surface area (Å²) in [5, 5.41) is 0. The molecule has 0 saturated carbocycles. The van der Waals surface area contributed by atoms with Crippen LogP contribution in [0.5, 0.6) is 0 Å². The molecule has 0 radical (unpaired) electrons. The lowest BCUT2D eigenvalue weighted by Gasteiger charge is -2.19. The maximum Gasteiger partial charge on any atom is 0.237 e. The van der Waals surface area contributed by atoms with Gasteiger partial charge in [0.15, 0.2) is 0 Å². The van der Waals surface area contributed by atoms with Gasteiger partial charge in [0, 0.05) is 0 Å². The number of nitrogens with two attached hydrogens (primary N) is 3. The van der Waals surface area contributed by atoms with Crippen molar-refractivity contribution in [1.29, 1.82) is 0 Å². The minimum Gasteiger partial charge on any atom is -0.368 e. The molecule has 0 saturated heterocycles. The summed E-state index contributed by atoms with van der Waals surface area (Å²) in [4.78, 5) is 10.7. The summed E-state index contributed by atoms with van der Waals surface area (Å²) in [6.45, 7) is 2.28. The van der Waals surface area contributed by atoms with Crippen molar-refractivity contribution < 1.29 is 4.79 Å². The molecule has 4 heteroatoms. The summed E-state index contributed by atoms with van der Waals surface area (Å²) in [5.41, 5.74) is 15.1. The van der Waals surface area contributed by atoms with Crippen molar-refractivity contribution in [1.82, 2.24) is 0 Å². The highest BCUT2D eigenvalue weighted by Gasteiger charge is 2.24. The molecule has 0 aliphatic rings. The van der Waals surface area contributed by atoms with Crippen LogP contribution in [0, 0.1) is 0 Å². The molecular weight excluding hydrogens is 142 g/mol. The van der Waals surface area contributed by atoms with Crippen LogP contribution in [0.3, 0.4) is 0 Å². The van der Waals surface area contributed by atoms with Crippen LogP contribution in [0.1, 0.15) is 26.2 Å². The number of unbranched alkanes of at least 4 members (excludes halogenated alkanes) is 1. The van der Waals surface area contributed by atoms with E-state index in [1.54, 1.807) is 6.92 Å². The van der Waals surface area contributed by atoms with E-state index in [0.29, 0.717) is 13.0 Å². The fourth-order valence-electron chi connectivity index (χ4n) is 0.760. The number of hydrogen-bond donors (Lipinski definition) is 3. The fourth-order valence-corrected chi connectivity index (χ4v) is 0.760. The van der Waals surface area contributed by atoms with E-state index in [1.807, 2.05) is 0 Å². The third kappa shape index (κ3) is 3.95. The standard InChI is InChI=1S/C7H17N3O/c1-7(10,6(9)11)4-2-3-5-8/h2-5,8,10H2,1H3,(H2,9,11). The first-order valence-corrected chi connectivity index (χ1v) is 3.79. The van der Waals surface area contributed by atoms with E-state index in [0.717, 1.165) is 12.8 Å². The Labute approximate surface area is 67.1 Å². The van der Waals surface area contributed by atoms with Crippen LogP contribution in [0.4, 0.5) is 0 Å². The van der Waals surface area contributed by atoms with Gasteiger partial charge < -0.3 is 17.2 Å². The zero-order valence-electron chi connectivity index (χ0n) is 6.97. The predicted molar refractivity (Wildman–Crippen MR) is 44.7 cm³/mol. The molecule has 0 aliphatic heterocycles. The smallest absolute Gasteiger partial charge is 0.237 e. The van der Waals surface area contributed by atoms with Crippen LogP contribution in [-0.2, 0) is 4.79 Å². The van der Waals surface area contributed by atoms with E-state index in [2.05, 4.69) is 0 Å². The molecule has 0 aromatic heterocycles. The maximum absolute atomic E-state index is 10.7. The molecule has 0 fully saturated rings. The minimum atomic E-state index is -0.866. The van der Waals surface area contributed by atoms with Gasteiger partial charge >= 0.3 is 0 Å². The average molecular weight is 159 g/mol. The maximum atomic E-state index is 10.7. The van der Waals surface area contributed by atoms with E-state index < -0.39 is 11.4 Å². The van der Waals surface area contributed by atoms with Gasteiger partial charge in [-0.3, -0.25) is 4.79 Å². The van der Waals surface area contributed by atoms with Crippen LogP contribution in [0.2, 0.25) is 0 Å². The summed E-state index contributed by atoms with van der Waals surface area (Å²) in [7, 11) is 0. The Kier molecular flexibility index (Phi) is 4.07. The Bertz CT molecular complexity index is 134. The van der Waals surface area contributed by atoms with Crippen LogP contribution in [0.25, 0.3) is 0 Å². The fraction of sp³-hybridized carbons (Fsp3) is 0.857. The highest BCUT2D eigenvalue weighted by atomic mass is 16.1. The molecule has 0 heterocycles. The first-order valence-electron chi connectivity index (χ1n) is 3.79. The van der Waals surface area contributed by atoms with Crippen molar-refractivity contribution in [3.63, 3.8) is 0 Å². The second-order valence-corrected chi connectivity index (χ2v) is 3.03. The molecule has 0 aromatic rings. The van der Waals surface area contributed by atoms with E-state index in [4.69, 9.17) is 17.2 Å². The third-order valence-electron chi connectivity index (χ3n) is 1.71. The van der Waals surface area contributed by atoms with Gasteiger partial charge in [0.25, 0.3) is 0 Å². The average Bonchev–Trinajstić information content (AvgIpc) is 1.88. The molecule has 6 N–H and O–H groups in total. The monoisotopic (exact) mass is 159 g/mol. The normalized spacial score (nSPS) is 15.9. The summed E-state index contributed by atoms with van der Waals surface area (Å²) < 4.78 is 0. The molecule has 66 valence electrons. The van der Waals surface area contributed by atoms with Crippen LogP contribution in [0.15, 0.2) is 0 Å². The largest absolute Gasteiger partial charge is 0.368 e. The van der Waals surface area contributed by atoms with E-state index in [1.165, 1.54) is 0 Å². The Hall–Kier alpha value is -0.610. The molecule has 1 unspecified atom stereocenters. The second kappa shape index (κ2) is 4.31. The van der Waals surface area contributed by atoms with Gasteiger partial charge in [-0.25, -0.2) is 0 Å². The number of carbonyl (C=O) groups excluding carboxylic acids is 1. The SMILES string of the molecule is CC(N)(CCCCN)C(N)=O. The Balaban J connectivity index is 3.64. The zero-order chi connectivity index (χ0) is 8.91. The molecule has 0 bridgehead atoms. The molecule has 0 aromatic carbocycles. The Morgan fingerprint density at radius 1 is 1.45 bits per heavy atom. The molecule has 0 aliphatic carbocycles. The number of carbonyl (C=O) groups is 1. The number of primary amides is 1. The minimum absolute atomic E-state index is 0.450. The zero-order valence-corrected chi connectivity index (χ0v) is 6.97. The van der Waals surface area contributed by atoms with Gasteiger partial charge in [-0.2, -0.15) is 0 Å². The van der Waals surface area contributed by atoms with E-state index in [9.17, 15) is 4.79 Å². The number of amides is 1. The molecule has 0 spiro atoms. The Morgan fingerprint density at radius 3 is 2.36 bits per heavy atom. The van der Waals surface area contributed by atoms with Crippen molar-refractivity contribution in [3.05, 3.63) is 0 Å². The summed E-state index contributed by atoms with van der Waals surface area (Å²) in [6, 6.07) is 0. The lowest BCUT2D eigenvalue weighted by Crippen LogP contribution is -2.49. The van der Waals surface area contributed by atoms with E-state index in [-0.39, 0.29) is 0 Å². The molecule has 1 atom stereocenters.